The minimum atomic E-state index is -0.517. The summed E-state index contributed by atoms with van der Waals surface area (Å²) in [5.41, 5.74) is 7.12. The fourth-order valence-corrected chi connectivity index (χ4v) is 2.37. The highest BCUT2D eigenvalue weighted by Crippen LogP contribution is 2.27. The summed E-state index contributed by atoms with van der Waals surface area (Å²) in [7, 11) is 0. The van der Waals surface area contributed by atoms with Crippen LogP contribution in [0.2, 0.25) is 0 Å². The molecule has 3 N–H and O–H groups in total. The molecule has 0 aromatic heterocycles. The highest BCUT2D eigenvalue weighted by molar-refractivity contribution is 9.10. The van der Waals surface area contributed by atoms with E-state index in [0.29, 0.717) is 12.3 Å². The molecule has 1 aromatic rings. The van der Waals surface area contributed by atoms with Gasteiger partial charge in [0.15, 0.2) is 6.10 Å². The zero-order chi connectivity index (χ0) is 15.8. The summed E-state index contributed by atoms with van der Waals surface area (Å²) >= 11 is 3.49. The van der Waals surface area contributed by atoms with E-state index in [1.807, 2.05) is 25.1 Å². The molecule has 1 rings (SSSR count). The summed E-state index contributed by atoms with van der Waals surface area (Å²) in [6, 6.07) is 6.04. The molecular formula is C16H25BrN2O2. The van der Waals surface area contributed by atoms with Gasteiger partial charge in [0.25, 0.3) is 5.91 Å². The summed E-state index contributed by atoms with van der Waals surface area (Å²) in [5.74, 6) is 0.573. The number of amides is 1. The van der Waals surface area contributed by atoms with Crippen LogP contribution in [0.5, 0.6) is 5.75 Å². The van der Waals surface area contributed by atoms with Crippen molar-refractivity contribution < 1.29 is 9.53 Å². The number of nitrogens with two attached hydrogens (primary N) is 1. The predicted molar refractivity (Wildman–Crippen MR) is 89.5 cm³/mol. The third kappa shape index (κ3) is 6.06. The minimum absolute atomic E-state index is 0.0965. The number of halogens is 1. The van der Waals surface area contributed by atoms with Crippen LogP contribution in [0.3, 0.4) is 0 Å². The van der Waals surface area contributed by atoms with Crippen LogP contribution in [-0.2, 0) is 11.2 Å². The first-order valence-corrected chi connectivity index (χ1v) is 8.25. The molecule has 0 aliphatic heterocycles. The molecule has 2 atom stereocenters. The Hall–Kier alpha value is -1.07. The molecule has 0 aliphatic carbocycles. The van der Waals surface area contributed by atoms with Crippen molar-refractivity contribution in [2.24, 2.45) is 5.73 Å². The van der Waals surface area contributed by atoms with Gasteiger partial charge in [0.05, 0.1) is 4.47 Å². The normalized spacial score (nSPS) is 13.6. The number of ether oxygens (including phenoxy) is 1. The van der Waals surface area contributed by atoms with Crippen molar-refractivity contribution in [3.8, 4) is 5.75 Å². The lowest BCUT2D eigenvalue weighted by atomic mass is 10.0. The summed E-state index contributed by atoms with van der Waals surface area (Å²) < 4.78 is 6.55. The predicted octanol–water partition coefficient (Wildman–Crippen LogP) is 3.02. The SMILES string of the molecule is CCCNC(=O)C(C)Oc1ccc(CC(N)CC)cc1Br. The Morgan fingerprint density at radius 3 is 2.71 bits per heavy atom. The van der Waals surface area contributed by atoms with Crippen LogP contribution in [0.1, 0.15) is 39.2 Å². The van der Waals surface area contributed by atoms with Crippen LogP contribution in [0.25, 0.3) is 0 Å². The number of benzene rings is 1. The molecule has 1 aromatic carbocycles. The topological polar surface area (TPSA) is 64.3 Å². The lowest BCUT2D eigenvalue weighted by Gasteiger charge is -2.16. The van der Waals surface area contributed by atoms with Crippen molar-refractivity contribution in [3.05, 3.63) is 28.2 Å². The van der Waals surface area contributed by atoms with Gasteiger partial charge in [-0.2, -0.15) is 0 Å². The quantitative estimate of drug-likeness (QED) is 0.752. The van der Waals surface area contributed by atoms with E-state index < -0.39 is 6.10 Å². The molecule has 2 unspecified atom stereocenters. The van der Waals surface area contributed by atoms with Crippen molar-refractivity contribution in [1.82, 2.24) is 5.32 Å². The number of carbonyl (C=O) groups excluding carboxylic acids is 1. The van der Waals surface area contributed by atoms with Gasteiger partial charge in [-0.1, -0.05) is 19.9 Å². The van der Waals surface area contributed by atoms with Crippen molar-refractivity contribution in [2.45, 2.75) is 52.2 Å². The van der Waals surface area contributed by atoms with Gasteiger partial charge in [-0.15, -0.1) is 0 Å². The second-order valence-corrected chi connectivity index (χ2v) is 6.04. The van der Waals surface area contributed by atoms with Crippen molar-refractivity contribution in [1.29, 1.82) is 0 Å². The molecule has 1 amide bonds. The number of hydrogen-bond donors (Lipinski definition) is 2. The molecule has 0 radical (unpaired) electrons. The number of carbonyl (C=O) groups is 1. The molecule has 0 heterocycles. The van der Waals surface area contributed by atoms with E-state index in [2.05, 4.69) is 28.2 Å². The van der Waals surface area contributed by atoms with Crippen LogP contribution < -0.4 is 15.8 Å². The molecule has 4 nitrogen and oxygen atoms in total. The van der Waals surface area contributed by atoms with E-state index >= 15 is 0 Å². The molecule has 0 bridgehead atoms. The lowest BCUT2D eigenvalue weighted by Crippen LogP contribution is -2.36. The Balaban J connectivity index is 2.65. The molecule has 0 fully saturated rings. The summed E-state index contributed by atoms with van der Waals surface area (Å²) in [6.45, 7) is 6.51. The van der Waals surface area contributed by atoms with Crippen LogP contribution in [0.4, 0.5) is 0 Å². The average Bonchev–Trinajstić information content (AvgIpc) is 2.47. The van der Waals surface area contributed by atoms with Crippen LogP contribution >= 0.6 is 15.9 Å². The Morgan fingerprint density at radius 1 is 1.43 bits per heavy atom. The van der Waals surface area contributed by atoms with E-state index in [9.17, 15) is 4.79 Å². The second-order valence-electron chi connectivity index (χ2n) is 5.19. The van der Waals surface area contributed by atoms with Gasteiger partial charge in [0.1, 0.15) is 5.75 Å². The van der Waals surface area contributed by atoms with Gasteiger partial charge < -0.3 is 15.8 Å². The van der Waals surface area contributed by atoms with Crippen molar-refractivity contribution in [2.75, 3.05) is 6.54 Å². The highest BCUT2D eigenvalue weighted by Gasteiger charge is 2.15. The van der Waals surface area contributed by atoms with Gasteiger partial charge in [-0.25, -0.2) is 0 Å². The van der Waals surface area contributed by atoms with Gasteiger partial charge >= 0.3 is 0 Å². The molecular weight excluding hydrogens is 332 g/mol. The summed E-state index contributed by atoms with van der Waals surface area (Å²) in [5, 5.41) is 2.82. The van der Waals surface area contributed by atoms with E-state index in [1.165, 1.54) is 0 Å². The van der Waals surface area contributed by atoms with Crippen molar-refractivity contribution >= 4 is 21.8 Å². The van der Waals surface area contributed by atoms with Gasteiger partial charge in [-0.05, 0) is 59.8 Å². The maximum atomic E-state index is 11.8. The number of hydrogen-bond acceptors (Lipinski definition) is 3. The molecule has 0 aliphatic rings. The molecule has 0 saturated heterocycles. The average molecular weight is 357 g/mol. The van der Waals surface area contributed by atoms with Crippen LogP contribution in [0, 0.1) is 0 Å². The minimum Gasteiger partial charge on any atom is -0.480 e. The molecule has 5 heteroatoms. The Bertz CT molecular complexity index is 466. The first kappa shape index (κ1) is 18.0. The fraction of sp³-hybridized carbons (Fsp3) is 0.562. The van der Waals surface area contributed by atoms with Gasteiger partial charge in [-0.3, -0.25) is 4.79 Å². The summed E-state index contributed by atoms with van der Waals surface area (Å²) in [4.78, 5) is 11.8. The Labute approximate surface area is 135 Å². The fourth-order valence-electron chi connectivity index (χ4n) is 1.85. The monoisotopic (exact) mass is 356 g/mol. The smallest absolute Gasteiger partial charge is 0.260 e. The second kappa shape index (κ2) is 9.05. The van der Waals surface area contributed by atoms with E-state index in [-0.39, 0.29) is 11.9 Å². The highest BCUT2D eigenvalue weighted by atomic mass is 79.9. The largest absolute Gasteiger partial charge is 0.480 e. The zero-order valence-corrected chi connectivity index (χ0v) is 14.6. The zero-order valence-electron chi connectivity index (χ0n) is 13.0. The summed E-state index contributed by atoms with van der Waals surface area (Å²) in [6.07, 6.45) is 2.18. The molecule has 0 spiro atoms. The Kier molecular flexibility index (Phi) is 7.75. The maximum absolute atomic E-state index is 11.8. The third-order valence-corrected chi connectivity index (χ3v) is 3.86. The maximum Gasteiger partial charge on any atom is 0.260 e. The van der Waals surface area contributed by atoms with E-state index in [0.717, 1.165) is 29.3 Å². The number of rotatable bonds is 8. The van der Waals surface area contributed by atoms with Gasteiger partial charge in [0.2, 0.25) is 0 Å². The third-order valence-electron chi connectivity index (χ3n) is 3.24. The number of nitrogens with one attached hydrogen (secondary N) is 1. The van der Waals surface area contributed by atoms with Crippen molar-refractivity contribution in [3.63, 3.8) is 0 Å². The molecule has 0 saturated carbocycles. The lowest BCUT2D eigenvalue weighted by molar-refractivity contribution is -0.127. The standard InChI is InChI=1S/C16H25BrN2O2/c1-4-8-19-16(20)11(3)21-15-7-6-12(10-14(15)17)9-13(18)5-2/h6-7,10-11,13H,4-5,8-9,18H2,1-3H3,(H,19,20). The van der Waals surface area contributed by atoms with E-state index in [4.69, 9.17) is 10.5 Å². The Morgan fingerprint density at radius 2 is 2.14 bits per heavy atom. The molecule has 21 heavy (non-hydrogen) atoms. The van der Waals surface area contributed by atoms with E-state index in [1.54, 1.807) is 6.92 Å². The van der Waals surface area contributed by atoms with Crippen LogP contribution in [0.15, 0.2) is 22.7 Å². The van der Waals surface area contributed by atoms with Crippen LogP contribution in [-0.4, -0.2) is 24.6 Å². The van der Waals surface area contributed by atoms with Gasteiger partial charge in [0, 0.05) is 12.6 Å². The molecule has 118 valence electrons. The first-order valence-electron chi connectivity index (χ1n) is 7.46. The first-order chi connectivity index (χ1) is 9.97.